The van der Waals surface area contributed by atoms with E-state index in [0.29, 0.717) is 30.8 Å². The number of aliphatic imine (C=N–C) groups is 1. The Morgan fingerprint density at radius 2 is 2.07 bits per heavy atom. The van der Waals surface area contributed by atoms with Gasteiger partial charge in [0.2, 0.25) is 5.89 Å². The monoisotopic (exact) mass is 377 g/mol. The third-order valence-electron chi connectivity index (χ3n) is 4.45. The molecule has 2 aromatic rings. The van der Waals surface area contributed by atoms with E-state index in [1.807, 2.05) is 32.5 Å². The van der Waals surface area contributed by atoms with Crippen LogP contribution in [0, 0.1) is 13.8 Å². The van der Waals surface area contributed by atoms with Crippen LogP contribution >= 0.6 is 0 Å². The molecule has 2 rings (SSSR count). The van der Waals surface area contributed by atoms with Crippen LogP contribution < -0.4 is 10.6 Å². The third kappa shape index (κ3) is 5.53. The number of guanidine groups is 1. The highest BCUT2D eigenvalue weighted by Crippen LogP contribution is 2.14. The van der Waals surface area contributed by atoms with Crippen LogP contribution in [0.25, 0.3) is 0 Å². The summed E-state index contributed by atoms with van der Waals surface area (Å²) in [5, 5.41) is 15.0. The summed E-state index contributed by atoms with van der Waals surface area (Å²) in [4.78, 5) is 8.61. The Kier molecular flexibility index (Phi) is 7.35. The predicted molar refractivity (Wildman–Crippen MR) is 104 cm³/mol. The van der Waals surface area contributed by atoms with Gasteiger partial charge in [-0.2, -0.15) is 10.1 Å². The van der Waals surface area contributed by atoms with Crippen molar-refractivity contribution in [2.24, 2.45) is 12.0 Å². The molecule has 2 aromatic heterocycles. The van der Waals surface area contributed by atoms with E-state index in [1.165, 1.54) is 11.3 Å². The van der Waals surface area contributed by atoms with Crippen LogP contribution in [0.15, 0.2) is 9.52 Å². The number of ether oxygens (including phenoxy) is 1. The molecule has 0 aliphatic carbocycles. The van der Waals surface area contributed by atoms with Crippen LogP contribution in [0.3, 0.4) is 0 Å². The average molecular weight is 377 g/mol. The number of nitrogens with zero attached hydrogens (tertiary/aromatic N) is 5. The topological polar surface area (TPSA) is 102 Å². The molecule has 0 aliphatic heterocycles. The van der Waals surface area contributed by atoms with Gasteiger partial charge in [-0.3, -0.25) is 9.67 Å². The smallest absolute Gasteiger partial charge is 0.246 e. The first-order chi connectivity index (χ1) is 12.8. The second-order valence-corrected chi connectivity index (χ2v) is 6.59. The SMILES string of the molecule is CCOC(C)c1noc(CNC(=NC)NC(C)Cc2c(C)nn(C)c2C)n1. The van der Waals surface area contributed by atoms with Gasteiger partial charge < -0.3 is 19.9 Å². The summed E-state index contributed by atoms with van der Waals surface area (Å²) in [7, 11) is 3.70. The summed E-state index contributed by atoms with van der Waals surface area (Å²) in [6.45, 7) is 11.1. The van der Waals surface area contributed by atoms with E-state index in [2.05, 4.69) is 44.7 Å². The van der Waals surface area contributed by atoms with E-state index in [9.17, 15) is 0 Å². The van der Waals surface area contributed by atoms with Crippen molar-refractivity contribution in [2.75, 3.05) is 13.7 Å². The van der Waals surface area contributed by atoms with Gasteiger partial charge in [-0.05, 0) is 46.6 Å². The molecular formula is C18H31N7O2. The van der Waals surface area contributed by atoms with Gasteiger partial charge in [-0.15, -0.1) is 0 Å². The number of aromatic nitrogens is 4. The first-order valence-corrected chi connectivity index (χ1v) is 9.26. The quantitative estimate of drug-likeness (QED) is 0.534. The van der Waals surface area contributed by atoms with Gasteiger partial charge in [0.25, 0.3) is 0 Å². The lowest BCUT2D eigenvalue weighted by Crippen LogP contribution is -2.42. The Bertz CT molecular complexity index is 766. The molecule has 9 nitrogen and oxygen atoms in total. The molecule has 0 fully saturated rings. The summed E-state index contributed by atoms with van der Waals surface area (Å²) in [5.41, 5.74) is 3.51. The Hall–Kier alpha value is -2.42. The maximum Gasteiger partial charge on any atom is 0.246 e. The predicted octanol–water partition coefficient (Wildman–Crippen LogP) is 1.81. The Morgan fingerprint density at radius 3 is 2.67 bits per heavy atom. The van der Waals surface area contributed by atoms with Gasteiger partial charge in [0, 0.05) is 32.4 Å². The van der Waals surface area contributed by atoms with E-state index >= 15 is 0 Å². The maximum absolute atomic E-state index is 5.47. The van der Waals surface area contributed by atoms with Gasteiger partial charge >= 0.3 is 0 Å². The van der Waals surface area contributed by atoms with E-state index < -0.39 is 0 Å². The molecule has 0 radical (unpaired) electrons. The molecule has 2 atom stereocenters. The van der Waals surface area contributed by atoms with Crippen LogP contribution in [-0.2, 0) is 24.8 Å². The molecule has 0 spiro atoms. The zero-order chi connectivity index (χ0) is 20.0. The molecule has 0 aliphatic rings. The minimum atomic E-state index is -0.184. The van der Waals surface area contributed by atoms with Crippen LogP contribution in [0.1, 0.15) is 55.5 Å². The van der Waals surface area contributed by atoms with Crippen molar-refractivity contribution in [3.8, 4) is 0 Å². The third-order valence-corrected chi connectivity index (χ3v) is 4.45. The highest BCUT2D eigenvalue weighted by Gasteiger charge is 2.16. The fourth-order valence-electron chi connectivity index (χ4n) is 2.89. The summed E-state index contributed by atoms with van der Waals surface area (Å²) < 4.78 is 12.7. The largest absolute Gasteiger partial charge is 0.371 e. The van der Waals surface area contributed by atoms with Crippen molar-refractivity contribution in [3.63, 3.8) is 0 Å². The number of nitrogens with one attached hydrogen (secondary N) is 2. The van der Waals surface area contributed by atoms with Gasteiger partial charge in [0.05, 0.1) is 12.2 Å². The zero-order valence-electron chi connectivity index (χ0n) is 17.3. The normalized spacial score (nSPS) is 14.3. The fraction of sp³-hybridized carbons (Fsp3) is 0.667. The minimum absolute atomic E-state index is 0.184. The molecule has 150 valence electrons. The molecule has 2 unspecified atom stereocenters. The Labute approximate surface area is 160 Å². The van der Waals surface area contributed by atoms with Crippen LogP contribution in [-0.4, -0.2) is 45.6 Å². The number of hydrogen-bond donors (Lipinski definition) is 2. The summed E-state index contributed by atoms with van der Waals surface area (Å²) >= 11 is 0. The zero-order valence-corrected chi connectivity index (χ0v) is 17.3. The molecule has 0 bridgehead atoms. The first kappa shape index (κ1) is 20.9. The molecule has 2 heterocycles. The Morgan fingerprint density at radius 1 is 1.33 bits per heavy atom. The van der Waals surface area contributed by atoms with Crippen LogP contribution in [0.4, 0.5) is 0 Å². The van der Waals surface area contributed by atoms with Gasteiger partial charge in [0.1, 0.15) is 6.10 Å². The van der Waals surface area contributed by atoms with E-state index in [-0.39, 0.29) is 12.1 Å². The lowest BCUT2D eigenvalue weighted by molar-refractivity contribution is 0.0683. The van der Waals surface area contributed by atoms with Crippen molar-refractivity contribution in [1.82, 2.24) is 30.6 Å². The Balaban J connectivity index is 1.88. The lowest BCUT2D eigenvalue weighted by atomic mass is 10.1. The van der Waals surface area contributed by atoms with Crippen molar-refractivity contribution >= 4 is 5.96 Å². The molecule has 27 heavy (non-hydrogen) atoms. The molecule has 0 saturated carbocycles. The molecule has 0 saturated heterocycles. The van der Waals surface area contributed by atoms with Gasteiger partial charge in [-0.25, -0.2) is 0 Å². The van der Waals surface area contributed by atoms with Gasteiger partial charge in [-0.1, -0.05) is 5.16 Å². The minimum Gasteiger partial charge on any atom is -0.371 e. The number of rotatable bonds is 8. The standard InChI is InChI=1S/C18H31N7O2/c1-8-26-14(5)17-22-16(27-24-17)10-20-18(19-6)21-11(2)9-15-12(3)23-25(7)13(15)4/h11,14H,8-10H2,1-7H3,(H2,19,20,21). The second-order valence-electron chi connectivity index (χ2n) is 6.59. The highest BCUT2D eigenvalue weighted by molar-refractivity contribution is 5.79. The summed E-state index contributed by atoms with van der Waals surface area (Å²) in [5.74, 6) is 1.72. The molecule has 2 N–H and O–H groups in total. The number of hydrogen-bond acceptors (Lipinski definition) is 6. The van der Waals surface area contributed by atoms with Crippen molar-refractivity contribution in [1.29, 1.82) is 0 Å². The average Bonchev–Trinajstić information content (AvgIpc) is 3.19. The van der Waals surface area contributed by atoms with E-state index in [1.54, 1.807) is 7.05 Å². The number of aryl methyl sites for hydroxylation is 2. The van der Waals surface area contributed by atoms with Crippen molar-refractivity contribution < 1.29 is 9.26 Å². The highest BCUT2D eigenvalue weighted by atomic mass is 16.5. The van der Waals surface area contributed by atoms with Crippen LogP contribution in [0.5, 0.6) is 0 Å². The van der Waals surface area contributed by atoms with Crippen molar-refractivity contribution in [3.05, 3.63) is 28.7 Å². The molecule has 0 aromatic carbocycles. The van der Waals surface area contributed by atoms with Crippen molar-refractivity contribution in [2.45, 2.75) is 59.7 Å². The van der Waals surface area contributed by atoms with E-state index in [4.69, 9.17) is 9.26 Å². The summed E-state index contributed by atoms with van der Waals surface area (Å²) in [6.07, 6.45) is 0.680. The molecule has 9 heteroatoms. The summed E-state index contributed by atoms with van der Waals surface area (Å²) in [6, 6.07) is 0.189. The molecule has 0 amide bonds. The van der Waals surface area contributed by atoms with Gasteiger partial charge in [0.15, 0.2) is 11.8 Å². The van der Waals surface area contributed by atoms with E-state index in [0.717, 1.165) is 12.1 Å². The fourth-order valence-corrected chi connectivity index (χ4v) is 2.89. The lowest BCUT2D eigenvalue weighted by Gasteiger charge is -2.17. The maximum atomic E-state index is 5.47. The molecular weight excluding hydrogens is 346 g/mol. The van der Waals surface area contributed by atoms with Crippen LogP contribution in [0.2, 0.25) is 0 Å². The first-order valence-electron chi connectivity index (χ1n) is 9.26. The second kappa shape index (κ2) is 9.50.